The van der Waals surface area contributed by atoms with Crippen LogP contribution in [-0.2, 0) is 4.79 Å². The van der Waals surface area contributed by atoms with E-state index in [2.05, 4.69) is 22.6 Å². The molecule has 0 atom stereocenters. The Kier molecular flexibility index (Phi) is 5.34. The fourth-order valence-electron chi connectivity index (χ4n) is 1.70. The third kappa shape index (κ3) is 4.81. The summed E-state index contributed by atoms with van der Waals surface area (Å²) in [6, 6.07) is 7.27. The van der Waals surface area contributed by atoms with Crippen molar-refractivity contribution in [2.45, 2.75) is 32.7 Å². The number of nitrogens with zero attached hydrogens (tertiary/aromatic N) is 1. The molecule has 104 valence electrons. The molecule has 0 saturated heterocycles. The summed E-state index contributed by atoms with van der Waals surface area (Å²) in [5, 5.41) is 8.78. The van der Waals surface area contributed by atoms with E-state index in [9.17, 15) is 9.59 Å². The Morgan fingerprint density at radius 1 is 1.21 bits per heavy atom. The molecule has 1 aromatic carbocycles. The smallest absolute Gasteiger partial charge is 0.305 e. The molecular weight excluding hydrogens is 357 g/mol. The van der Waals surface area contributed by atoms with Gasteiger partial charge in [-0.2, -0.15) is 0 Å². The third-order valence-corrected chi connectivity index (χ3v) is 3.41. The van der Waals surface area contributed by atoms with Crippen molar-refractivity contribution in [2.24, 2.45) is 0 Å². The number of carboxylic acids is 1. The fourth-order valence-corrected chi connectivity index (χ4v) is 2.06. The number of halogens is 1. The summed E-state index contributed by atoms with van der Waals surface area (Å²) in [7, 11) is 0. The zero-order valence-electron chi connectivity index (χ0n) is 11.3. The lowest BCUT2D eigenvalue weighted by Gasteiger charge is -2.35. The van der Waals surface area contributed by atoms with Crippen molar-refractivity contribution in [2.75, 3.05) is 6.54 Å². The molecule has 5 heteroatoms. The van der Waals surface area contributed by atoms with Crippen molar-refractivity contribution in [3.8, 4) is 0 Å². The van der Waals surface area contributed by atoms with E-state index in [4.69, 9.17) is 5.11 Å². The Bertz CT molecular complexity index is 463. The Labute approximate surface area is 126 Å². The predicted octanol–water partition coefficient (Wildman–Crippen LogP) is 3.01. The minimum absolute atomic E-state index is 0.0482. The first-order valence-corrected chi connectivity index (χ1v) is 7.09. The Morgan fingerprint density at radius 3 is 2.16 bits per heavy atom. The summed E-state index contributed by atoms with van der Waals surface area (Å²) in [5.74, 6) is -1.03. The van der Waals surface area contributed by atoms with Crippen LogP contribution in [0, 0.1) is 3.57 Å². The van der Waals surface area contributed by atoms with Crippen LogP contribution in [-0.4, -0.2) is 34.0 Å². The van der Waals surface area contributed by atoms with Crippen LogP contribution in [0.5, 0.6) is 0 Å². The minimum Gasteiger partial charge on any atom is -0.481 e. The van der Waals surface area contributed by atoms with E-state index in [0.29, 0.717) is 5.56 Å². The van der Waals surface area contributed by atoms with Crippen molar-refractivity contribution >= 4 is 34.5 Å². The maximum Gasteiger partial charge on any atom is 0.305 e. The van der Waals surface area contributed by atoms with Crippen LogP contribution in [0.15, 0.2) is 24.3 Å². The highest BCUT2D eigenvalue weighted by molar-refractivity contribution is 14.1. The van der Waals surface area contributed by atoms with E-state index in [1.807, 2.05) is 32.9 Å². The highest BCUT2D eigenvalue weighted by Crippen LogP contribution is 2.18. The van der Waals surface area contributed by atoms with Gasteiger partial charge in [-0.3, -0.25) is 9.59 Å². The van der Waals surface area contributed by atoms with Gasteiger partial charge in [-0.15, -0.1) is 0 Å². The molecule has 1 rings (SSSR count). The zero-order valence-corrected chi connectivity index (χ0v) is 13.5. The number of aliphatic carboxylic acids is 1. The number of benzene rings is 1. The van der Waals surface area contributed by atoms with Crippen molar-refractivity contribution < 1.29 is 14.7 Å². The molecule has 4 nitrogen and oxygen atoms in total. The summed E-state index contributed by atoms with van der Waals surface area (Å²) < 4.78 is 1.06. The largest absolute Gasteiger partial charge is 0.481 e. The van der Waals surface area contributed by atoms with E-state index >= 15 is 0 Å². The summed E-state index contributed by atoms with van der Waals surface area (Å²) in [5.41, 5.74) is 0.177. The molecule has 0 saturated carbocycles. The molecule has 1 amide bonds. The first kappa shape index (κ1) is 15.9. The van der Waals surface area contributed by atoms with E-state index in [1.165, 1.54) is 0 Å². The van der Waals surface area contributed by atoms with Crippen molar-refractivity contribution in [1.82, 2.24) is 4.90 Å². The number of hydrogen-bond acceptors (Lipinski definition) is 2. The van der Waals surface area contributed by atoms with Gasteiger partial charge in [0.2, 0.25) is 0 Å². The Balaban J connectivity index is 2.94. The molecule has 0 unspecified atom stereocenters. The minimum atomic E-state index is -0.898. The average Bonchev–Trinajstić information content (AvgIpc) is 2.27. The Morgan fingerprint density at radius 2 is 1.74 bits per heavy atom. The summed E-state index contributed by atoms with van der Waals surface area (Å²) in [6.07, 6.45) is -0.0482. The molecule has 0 aliphatic carbocycles. The molecule has 1 N–H and O–H groups in total. The quantitative estimate of drug-likeness (QED) is 0.824. The van der Waals surface area contributed by atoms with Crippen LogP contribution < -0.4 is 0 Å². The van der Waals surface area contributed by atoms with Gasteiger partial charge in [0.1, 0.15) is 0 Å². The number of amides is 1. The number of carbonyl (C=O) groups is 2. The summed E-state index contributed by atoms with van der Waals surface area (Å²) in [4.78, 5) is 24.7. The Hall–Kier alpha value is -1.11. The van der Waals surface area contributed by atoms with Crippen LogP contribution in [0.4, 0.5) is 0 Å². The maximum atomic E-state index is 12.4. The highest BCUT2D eigenvalue weighted by atomic mass is 127. The zero-order chi connectivity index (χ0) is 14.6. The van der Waals surface area contributed by atoms with Gasteiger partial charge in [-0.05, 0) is 67.6 Å². The maximum absolute atomic E-state index is 12.4. The molecule has 0 radical (unpaired) electrons. The highest BCUT2D eigenvalue weighted by Gasteiger charge is 2.27. The molecule has 0 spiro atoms. The van der Waals surface area contributed by atoms with Crippen molar-refractivity contribution in [3.63, 3.8) is 0 Å². The van der Waals surface area contributed by atoms with Crippen LogP contribution in [0.2, 0.25) is 0 Å². The SMILES string of the molecule is CC(C)(C)N(CCC(=O)O)C(=O)c1ccc(I)cc1. The van der Waals surface area contributed by atoms with Gasteiger partial charge in [-0.1, -0.05) is 0 Å². The first-order chi connectivity index (χ1) is 8.71. The second-order valence-corrected chi connectivity index (χ2v) is 6.52. The van der Waals surface area contributed by atoms with Crippen molar-refractivity contribution in [3.05, 3.63) is 33.4 Å². The molecule has 19 heavy (non-hydrogen) atoms. The molecule has 0 aliphatic rings. The molecule has 0 fully saturated rings. The summed E-state index contributed by atoms with van der Waals surface area (Å²) >= 11 is 2.18. The lowest BCUT2D eigenvalue weighted by atomic mass is 10.0. The standard InChI is InChI=1S/C14H18INO3/c1-14(2,3)16(9-8-12(17)18)13(19)10-4-6-11(15)7-5-10/h4-7H,8-9H2,1-3H3,(H,17,18). The predicted molar refractivity (Wildman–Crippen MR) is 82.2 cm³/mol. The molecule has 0 aromatic heterocycles. The first-order valence-electron chi connectivity index (χ1n) is 6.01. The van der Waals surface area contributed by atoms with Gasteiger partial charge in [-0.25, -0.2) is 0 Å². The van der Waals surface area contributed by atoms with Crippen molar-refractivity contribution in [1.29, 1.82) is 0 Å². The van der Waals surface area contributed by atoms with E-state index in [0.717, 1.165) is 3.57 Å². The van der Waals surface area contributed by atoms with Crippen LogP contribution in [0.3, 0.4) is 0 Å². The van der Waals surface area contributed by atoms with Gasteiger partial charge in [0, 0.05) is 21.2 Å². The summed E-state index contributed by atoms with van der Waals surface area (Å²) in [6.45, 7) is 5.92. The van der Waals surface area contributed by atoms with Gasteiger partial charge in [0.25, 0.3) is 5.91 Å². The monoisotopic (exact) mass is 375 g/mol. The topological polar surface area (TPSA) is 57.6 Å². The number of carboxylic acid groups (broad SMARTS) is 1. The second kappa shape index (κ2) is 6.36. The van der Waals surface area contributed by atoms with Crippen LogP contribution in [0.1, 0.15) is 37.6 Å². The van der Waals surface area contributed by atoms with E-state index in [-0.39, 0.29) is 18.9 Å². The van der Waals surface area contributed by atoms with Crippen LogP contribution in [0.25, 0.3) is 0 Å². The van der Waals surface area contributed by atoms with E-state index in [1.54, 1.807) is 17.0 Å². The molecule has 0 bridgehead atoms. The number of carbonyl (C=O) groups excluding carboxylic acids is 1. The molecular formula is C14H18INO3. The van der Waals surface area contributed by atoms with Gasteiger partial charge in [0.15, 0.2) is 0 Å². The molecule has 1 aromatic rings. The van der Waals surface area contributed by atoms with Gasteiger partial charge in [0.05, 0.1) is 6.42 Å². The fraction of sp³-hybridized carbons (Fsp3) is 0.429. The normalized spacial score (nSPS) is 11.2. The molecule has 0 heterocycles. The third-order valence-electron chi connectivity index (χ3n) is 2.70. The van der Waals surface area contributed by atoms with Gasteiger partial charge < -0.3 is 10.0 Å². The molecule has 0 aliphatic heterocycles. The lowest BCUT2D eigenvalue weighted by Crippen LogP contribution is -2.46. The number of hydrogen-bond donors (Lipinski definition) is 1. The van der Waals surface area contributed by atoms with Crippen LogP contribution >= 0.6 is 22.6 Å². The van der Waals surface area contributed by atoms with E-state index < -0.39 is 11.5 Å². The second-order valence-electron chi connectivity index (χ2n) is 5.28. The number of rotatable bonds is 4. The lowest BCUT2D eigenvalue weighted by molar-refractivity contribution is -0.137. The average molecular weight is 375 g/mol. The van der Waals surface area contributed by atoms with Gasteiger partial charge >= 0.3 is 5.97 Å².